The Morgan fingerprint density at radius 3 is 2.83 bits per heavy atom. The molecule has 18 heavy (non-hydrogen) atoms. The molecule has 3 nitrogen and oxygen atoms in total. The van der Waals surface area contributed by atoms with Gasteiger partial charge >= 0.3 is 0 Å². The lowest BCUT2D eigenvalue weighted by molar-refractivity contribution is 0.404. The van der Waals surface area contributed by atoms with Crippen LogP contribution in [0.5, 0.6) is 5.75 Å². The zero-order valence-corrected chi connectivity index (χ0v) is 10.5. The van der Waals surface area contributed by atoms with Crippen molar-refractivity contribution in [2.75, 3.05) is 7.11 Å². The van der Waals surface area contributed by atoms with Gasteiger partial charge in [-0.1, -0.05) is 17.7 Å². The number of methoxy groups -OCH3 is 1. The lowest BCUT2D eigenvalue weighted by Crippen LogP contribution is -2.16. The molecule has 94 valence electrons. The molecule has 2 aromatic rings. The maximum absolute atomic E-state index is 13.8. The molecule has 1 atom stereocenters. The Morgan fingerprint density at radius 1 is 1.39 bits per heavy atom. The molecule has 0 radical (unpaired) electrons. The van der Waals surface area contributed by atoms with E-state index in [2.05, 4.69) is 4.98 Å². The van der Waals surface area contributed by atoms with E-state index in [9.17, 15) is 4.39 Å². The van der Waals surface area contributed by atoms with E-state index in [0.29, 0.717) is 22.0 Å². The van der Waals surface area contributed by atoms with Gasteiger partial charge in [0, 0.05) is 16.8 Å². The number of hydrogen-bond acceptors (Lipinski definition) is 3. The lowest BCUT2D eigenvalue weighted by Gasteiger charge is -2.15. The molecule has 1 heterocycles. The standard InChI is InChI=1S/C13H12ClFN2O/c1-18-11-3-2-6-17-13(11)12(16)9-5-4-8(14)7-10(9)15/h2-7,12H,16H2,1H3. The van der Waals surface area contributed by atoms with E-state index in [-0.39, 0.29) is 0 Å². The maximum atomic E-state index is 13.8. The topological polar surface area (TPSA) is 48.1 Å². The van der Waals surface area contributed by atoms with Crippen molar-refractivity contribution in [2.24, 2.45) is 5.73 Å². The minimum absolute atomic E-state index is 0.330. The highest BCUT2D eigenvalue weighted by molar-refractivity contribution is 6.30. The molecule has 5 heteroatoms. The van der Waals surface area contributed by atoms with Crippen molar-refractivity contribution in [3.8, 4) is 5.75 Å². The van der Waals surface area contributed by atoms with Gasteiger partial charge in [0.05, 0.1) is 13.2 Å². The molecule has 0 amide bonds. The monoisotopic (exact) mass is 266 g/mol. The summed E-state index contributed by atoms with van der Waals surface area (Å²) in [5.41, 5.74) is 6.84. The molecule has 2 N–H and O–H groups in total. The first-order chi connectivity index (χ1) is 8.63. The summed E-state index contributed by atoms with van der Waals surface area (Å²) in [6, 6.07) is 7.14. The maximum Gasteiger partial charge on any atom is 0.142 e. The molecule has 2 rings (SSSR count). The predicted molar refractivity (Wildman–Crippen MR) is 68.2 cm³/mol. The van der Waals surface area contributed by atoms with Gasteiger partial charge in [-0.2, -0.15) is 0 Å². The van der Waals surface area contributed by atoms with Crippen molar-refractivity contribution >= 4 is 11.6 Å². The van der Waals surface area contributed by atoms with Gasteiger partial charge in [-0.25, -0.2) is 4.39 Å². The molecule has 0 aliphatic rings. The summed E-state index contributed by atoms with van der Waals surface area (Å²) in [7, 11) is 1.52. The smallest absolute Gasteiger partial charge is 0.142 e. The average molecular weight is 267 g/mol. The Kier molecular flexibility index (Phi) is 3.79. The molecular formula is C13H12ClFN2O. The number of aromatic nitrogens is 1. The first-order valence-electron chi connectivity index (χ1n) is 5.33. The van der Waals surface area contributed by atoms with Crippen LogP contribution in [0.2, 0.25) is 5.02 Å². The van der Waals surface area contributed by atoms with Gasteiger partial charge in [-0.3, -0.25) is 4.98 Å². The van der Waals surface area contributed by atoms with Crippen LogP contribution in [0.1, 0.15) is 17.3 Å². The highest BCUT2D eigenvalue weighted by atomic mass is 35.5. The third-order valence-corrected chi connectivity index (χ3v) is 2.85. The van der Waals surface area contributed by atoms with E-state index in [1.165, 1.54) is 13.2 Å². The van der Waals surface area contributed by atoms with Gasteiger partial charge in [0.2, 0.25) is 0 Å². The van der Waals surface area contributed by atoms with Crippen molar-refractivity contribution in [1.29, 1.82) is 0 Å². The second-order valence-corrected chi connectivity index (χ2v) is 4.17. The summed E-state index contributed by atoms with van der Waals surface area (Å²) in [5, 5.41) is 0.330. The Hall–Kier alpha value is -1.65. The number of nitrogens with zero attached hydrogens (tertiary/aromatic N) is 1. The summed E-state index contributed by atoms with van der Waals surface area (Å²) >= 11 is 5.71. The number of nitrogens with two attached hydrogens (primary N) is 1. The lowest BCUT2D eigenvalue weighted by atomic mass is 10.0. The Bertz CT molecular complexity index is 562. The number of hydrogen-bond donors (Lipinski definition) is 1. The largest absolute Gasteiger partial charge is 0.495 e. The van der Waals surface area contributed by atoms with Crippen molar-refractivity contribution in [1.82, 2.24) is 4.98 Å². The fourth-order valence-electron chi connectivity index (χ4n) is 1.71. The SMILES string of the molecule is COc1cccnc1C(N)c1ccc(Cl)cc1F. The summed E-state index contributed by atoms with van der Waals surface area (Å²) in [6.07, 6.45) is 1.59. The van der Waals surface area contributed by atoms with Crippen LogP contribution >= 0.6 is 11.6 Å². The van der Waals surface area contributed by atoms with Gasteiger partial charge in [0.1, 0.15) is 17.3 Å². The van der Waals surface area contributed by atoms with Crippen LogP contribution in [0.25, 0.3) is 0 Å². The van der Waals surface area contributed by atoms with E-state index in [4.69, 9.17) is 22.1 Å². The molecule has 0 bridgehead atoms. The van der Waals surface area contributed by atoms with Crippen molar-refractivity contribution in [2.45, 2.75) is 6.04 Å². The van der Waals surface area contributed by atoms with Crippen LogP contribution in [0.4, 0.5) is 4.39 Å². The van der Waals surface area contributed by atoms with Crippen molar-refractivity contribution < 1.29 is 9.13 Å². The Balaban J connectivity index is 2.44. The third kappa shape index (κ3) is 2.44. The third-order valence-electron chi connectivity index (χ3n) is 2.61. The van der Waals surface area contributed by atoms with Crippen LogP contribution < -0.4 is 10.5 Å². The summed E-state index contributed by atoms with van der Waals surface area (Å²) in [5.74, 6) is 0.0713. The van der Waals surface area contributed by atoms with E-state index >= 15 is 0 Å². The number of benzene rings is 1. The molecule has 1 unspecified atom stereocenters. The normalized spacial score (nSPS) is 12.2. The van der Waals surface area contributed by atoms with Crippen LogP contribution in [0.15, 0.2) is 36.5 Å². The Labute approximate surface area is 109 Å². The van der Waals surface area contributed by atoms with Gasteiger partial charge < -0.3 is 10.5 Å². The van der Waals surface area contributed by atoms with Gasteiger partial charge in [0.15, 0.2) is 0 Å². The second kappa shape index (κ2) is 5.33. The highest BCUT2D eigenvalue weighted by Crippen LogP contribution is 2.28. The highest BCUT2D eigenvalue weighted by Gasteiger charge is 2.18. The molecule has 0 saturated heterocycles. The molecule has 0 aliphatic carbocycles. The summed E-state index contributed by atoms with van der Waals surface area (Å²) in [4.78, 5) is 4.14. The van der Waals surface area contributed by atoms with Crippen LogP contribution in [0, 0.1) is 5.82 Å². The zero-order valence-electron chi connectivity index (χ0n) is 9.73. The minimum atomic E-state index is -0.696. The first-order valence-corrected chi connectivity index (χ1v) is 5.70. The molecule has 1 aromatic heterocycles. The van der Waals surface area contributed by atoms with Gasteiger partial charge in [0.25, 0.3) is 0 Å². The van der Waals surface area contributed by atoms with E-state index in [1.54, 1.807) is 30.5 Å². The van der Waals surface area contributed by atoms with Gasteiger partial charge in [-0.05, 0) is 24.3 Å². The molecule has 1 aromatic carbocycles. The molecule has 0 fully saturated rings. The van der Waals surface area contributed by atoms with Crippen molar-refractivity contribution in [3.63, 3.8) is 0 Å². The first kappa shape index (κ1) is 12.8. The molecule has 0 spiro atoms. The van der Waals surface area contributed by atoms with Crippen LogP contribution in [-0.2, 0) is 0 Å². The molecule has 0 saturated carbocycles. The van der Waals surface area contributed by atoms with Crippen LogP contribution in [-0.4, -0.2) is 12.1 Å². The Morgan fingerprint density at radius 2 is 2.17 bits per heavy atom. The quantitative estimate of drug-likeness (QED) is 0.929. The summed E-state index contributed by atoms with van der Waals surface area (Å²) in [6.45, 7) is 0. The average Bonchev–Trinajstić information content (AvgIpc) is 2.38. The number of ether oxygens (including phenoxy) is 1. The summed E-state index contributed by atoms with van der Waals surface area (Å²) < 4.78 is 18.9. The fraction of sp³-hybridized carbons (Fsp3) is 0.154. The zero-order chi connectivity index (χ0) is 13.1. The van der Waals surface area contributed by atoms with Crippen molar-refractivity contribution in [3.05, 3.63) is 58.6 Å². The van der Waals surface area contributed by atoms with E-state index < -0.39 is 11.9 Å². The number of rotatable bonds is 3. The van der Waals surface area contributed by atoms with E-state index in [1.807, 2.05) is 0 Å². The fourth-order valence-corrected chi connectivity index (χ4v) is 1.87. The van der Waals surface area contributed by atoms with Crippen LogP contribution in [0.3, 0.4) is 0 Å². The predicted octanol–water partition coefficient (Wildman–Crippen LogP) is 2.93. The van der Waals surface area contributed by atoms with E-state index in [0.717, 1.165) is 0 Å². The minimum Gasteiger partial charge on any atom is -0.495 e. The number of halogens is 2. The number of pyridine rings is 1. The molecular weight excluding hydrogens is 255 g/mol. The van der Waals surface area contributed by atoms with Gasteiger partial charge in [-0.15, -0.1) is 0 Å². The molecule has 0 aliphatic heterocycles. The second-order valence-electron chi connectivity index (χ2n) is 3.73.